The topological polar surface area (TPSA) is 111 Å². The van der Waals surface area contributed by atoms with E-state index in [0.717, 1.165) is 41.0 Å². The van der Waals surface area contributed by atoms with Gasteiger partial charge in [0.25, 0.3) is 0 Å². The summed E-state index contributed by atoms with van der Waals surface area (Å²) in [6, 6.07) is 11.5. The van der Waals surface area contributed by atoms with Crippen LogP contribution < -0.4 is 20.9 Å². The third-order valence-corrected chi connectivity index (χ3v) is 5.29. The number of H-pyrrole nitrogens is 1. The SMILES string of the molecule is CCC(=O)Nc1ccc(Sc2nc(Nc3cc(C)n[nH]3)cc(N(C)CCNC)n2)cc1. The van der Waals surface area contributed by atoms with Crippen LogP contribution in [0.3, 0.4) is 0 Å². The fourth-order valence-electron chi connectivity index (χ4n) is 2.70. The minimum Gasteiger partial charge on any atom is -0.358 e. The summed E-state index contributed by atoms with van der Waals surface area (Å²) in [5.41, 5.74) is 1.67. The van der Waals surface area contributed by atoms with Crippen LogP contribution in [0.15, 0.2) is 46.5 Å². The van der Waals surface area contributed by atoms with Crippen molar-refractivity contribution >= 4 is 40.8 Å². The van der Waals surface area contributed by atoms with Gasteiger partial charge < -0.3 is 20.9 Å². The summed E-state index contributed by atoms with van der Waals surface area (Å²) in [7, 11) is 3.93. The lowest BCUT2D eigenvalue weighted by Crippen LogP contribution is -2.28. The molecule has 0 spiro atoms. The molecular formula is C21H28N8OS. The Balaban J connectivity index is 1.81. The Hall–Kier alpha value is -3.11. The van der Waals surface area contributed by atoms with Crippen LogP contribution >= 0.6 is 11.8 Å². The number of nitrogens with one attached hydrogen (secondary N) is 4. The van der Waals surface area contributed by atoms with Gasteiger partial charge >= 0.3 is 0 Å². The second-order valence-electron chi connectivity index (χ2n) is 7.00. The van der Waals surface area contributed by atoms with Gasteiger partial charge in [-0.05, 0) is 50.0 Å². The molecule has 0 atom stereocenters. The zero-order valence-electron chi connectivity index (χ0n) is 18.2. The Morgan fingerprint density at radius 2 is 1.97 bits per heavy atom. The van der Waals surface area contributed by atoms with Crippen LogP contribution in [0.4, 0.5) is 23.1 Å². The number of anilines is 4. The van der Waals surface area contributed by atoms with Crippen molar-refractivity contribution in [2.24, 2.45) is 0 Å². The Morgan fingerprint density at radius 1 is 1.19 bits per heavy atom. The van der Waals surface area contributed by atoms with Crippen LogP contribution in [0.2, 0.25) is 0 Å². The molecule has 0 fully saturated rings. The first-order valence-electron chi connectivity index (χ1n) is 10.1. The molecule has 1 aromatic carbocycles. The molecule has 3 rings (SSSR count). The minimum absolute atomic E-state index is 0.00852. The Kier molecular flexibility index (Phi) is 7.85. The third kappa shape index (κ3) is 6.69. The number of carbonyl (C=O) groups excluding carboxylic acids is 1. The molecule has 0 aliphatic heterocycles. The molecule has 0 aliphatic carbocycles. The lowest BCUT2D eigenvalue weighted by atomic mass is 10.3. The van der Waals surface area contributed by atoms with Gasteiger partial charge in [0.1, 0.15) is 17.5 Å². The normalized spacial score (nSPS) is 10.7. The number of hydrogen-bond donors (Lipinski definition) is 4. The predicted molar refractivity (Wildman–Crippen MR) is 125 cm³/mol. The highest BCUT2D eigenvalue weighted by Crippen LogP contribution is 2.29. The fraction of sp³-hybridized carbons (Fsp3) is 0.333. The molecule has 31 heavy (non-hydrogen) atoms. The lowest BCUT2D eigenvalue weighted by Gasteiger charge is -2.19. The number of hydrogen-bond acceptors (Lipinski definition) is 8. The van der Waals surface area contributed by atoms with E-state index in [1.54, 1.807) is 0 Å². The molecule has 0 radical (unpaired) electrons. The summed E-state index contributed by atoms with van der Waals surface area (Å²) in [6.07, 6.45) is 0.448. The van der Waals surface area contributed by atoms with Gasteiger partial charge in [0.05, 0.1) is 5.69 Å². The van der Waals surface area contributed by atoms with E-state index in [4.69, 9.17) is 4.98 Å². The van der Waals surface area contributed by atoms with Crippen molar-refractivity contribution in [1.29, 1.82) is 0 Å². The molecule has 0 saturated heterocycles. The van der Waals surface area contributed by atoms with E-state index in [9.17, 15) is 4.79 Å². The molecule has 9 nitrogen and oxygen atoms in total. The summed E-state index contributed by atoms with van der Waals surface area (Å²) < 4.78 is 0. The highest BCUT2D eigenvalue weighted by molar-refractivity contribution is 7.99. The maximum absolute atomic E-state index is 11.6. The number of aryl methyl sites for hydroxylation is 1. The summed E-state index contributed by atoms with van der Waals surface area (Å²) in [6.45, 7) is 5.41. The number of amides is 1. The molecular weight excluding hydrogens is 412 g/mol. The third-order valence-electron chi connectivity index (χ3n) is 4.42. The van der Waals surface area contributed by atoms with Crippen molar-refractivity contribution in [3.63, 3.8) is 0 Å². The molecule has 164 valence electrons. The number of carbonyl (C=O) groups is 1. The summed E-state index contributed by atoms with van der Waals surface area (Å²) in [5, 5.41) is 17.0. The predicted octanol–water partition coefficient (Wildman–Crippen LogP) is 3.41. The van der Waals surface area contributed by atoms with Crippen LogP contribution in [0.1, 0.15) is 19.0 Å². The van der Waals surface area contributed by atoms with E-state index >= 15 is 0 Å². The smallest absolute Gasteiger partial charge is 0.224 e. The van der Waals surface area contributed by atoms with Gasteiger partial charge in [-0.1, -0.05) is 6.92 Å². The first kappa shape index (κ1) is 22.6. The molecule has 1 amide bonds. The van der Waals surface area contributed by atoms with Crippen molar-refractivity contribution in [2.75, 3.05) is 42.7 Å². The summed E-state index contributed by atoms with van der Waals surface area (Å²) >= 11 is 1.46. The van der Waals surface area contributed by atoms with Crippen molar-refractivity contribution < 1.29 is 4.79 Å². The van der Waals surface area contributed by atoms with E-state index in [0.29, 0.717) is 17.4 Å². The minimum atomic E-state index is -0.00852. The number of aromatic nitrogens is 4. The highest BCUT2D eigenvalue weighted by atomic mass is 32.2. The highest BCUT2D eigenvalue weighted by Gasteiger charge is 2.11. The average Bonchev–Trinajstić information content (AvgIpc) is 3.17. The number of rotatable bonds is 10. The van der Waals surface area contributed by atoms with Gasteiger partial charge in [-0.2, -0.15) is 5.10 Å². The van der Waals surface area contributed by atoms with Gasteiger partial charge in [-0.25, -0.2) is 9.97 Å². The molecule has 4 N–H and O–H groups in total. The van der Waals surface area contributed by atoms with E-state index in [2.05, 4.69) is 36.0 Å². The van der Waals surface area contributed by atoms with E-state index in [-0.39, 0.29) is 5.91 Å². The first-order valence-corrected chi connectivity index (χ1v) is 10.9. The molecule has 0 bridgehead atoms. The van der Waals surface area contributed by atoms with Gasteiger partial charge in [-0.3, -0.25) is 9.89 Å². The quantitative estimate of drug-likeness (QED) is 0.355. The Morgan fingerprint density at radius 3 is 2.61 bits per heavy atom. The zero-order valence-corrected chi connectivity index (χ0v) is 19.0. The van der Waals surface area contributed by atoms with Crippen LogP contribution in [-0.4, -0.2) is 53.3 Å². The van der Waals surface area contributed by atoms with Gasteiger partial charge in [0.15, 0.2) is 5.16 Å². The second kappa shape index (κ2) is 10.8. The van der Waals surface area contributed by atoms with E-state index < -0.39 is 0 Å². The molecule has 0 unspecified atom stereocenters. The molecule has 10 heteroatoms. The lowest BCUT2D eigenvalue weighted by molar-refractivity contribution is -0.115. The van der Waals surface area contributed by atoms with Crippen molar-refractivity contribution in [3.05, 3.63) is 42.1 Å². The largest absolute Gasteiger partial charge is 0.358 e. The zero-order chi connectivity index (χ0) is 22.2. The number of benzene rings is 1. The summed E-state index contributed by atoms with van der Waals surface area (Å²) in [4.78, 5) is 24.0. The fourth-order valence-corrected chi connectivity index (χ4v) is 3.46. The number of nitrogens with zero attached hydrogens (tertiary/aromatic N) is 4. The van der Waals surface area contributed by atoms with Gasteiger partial charge in [0.2, 0.25) is 5.91 Å². The van der Waals surface area contributed by atoms with E-state index in [1.807, 2.05) is 64.3 Å². The standard InChI is InChI=1S/C21H28N8OS/c1-5-20(30)23-15-6-8-16(9-7-15)31-21-25-17(24-18-12-14(2)27-28-18)13-19(26-21)29(4)11-10-22-3/h6-9,12-13,22H,5,10-11H2,1-4H3,(H,23,30)(H2,24,25,26,27,28). The van der Waals surface area contributed by atoms with Crippen LogP contribution in [-0.2, 0) is 4.79 Å². The van der Waals surface area contributed by atoms with Gasteiger partial charge in [0, 0.05) is 49.3 Å². The molecule has 0 saturated carbocycles. The maximum Gasteiger partial charge on any atom is 0.224 e. The number of aromatic amines is 1. The Bertz CT molecular complexity index is 1000. The molecule has 2 aromatic heterocycles. The molecule has 2 heterocycles. The van der Waals surface area contributed by atoms with Crippen molar-refractivity contribution in [3.8, 4) is 0 Å². The average molecular weight is 441 g/mol. The molecule has 0 aliphatic rings. The van der Waals surface area contributed by atoms with Gasteiger partial charge in [-0.15, -0.1) is 0 Å². The number of likely N-dealkylation sites (N-methyl/N-ethyl adjacent to an activating group) is 2. The first-order chi connectivity index (χ1) is 15.0. The van der Waals surface area contributed by atoms with Crippen LogP contribution in [0.25, 0.3) is 0 Å². The van der Waals surface area contributed by atoms with E-state index in [1.165, 1.54) is 11.8 Å². The second-order valence-corrected chi connectivity index (χ2v) is 8.04. The van der Waals surface area contributed by atoms with Crippen molar-refractivity contribution in [1.82, 2.24) is 25.5 Å². The maximum atomic E-state index is 11.6. The Labute approximate surface area is 186 Å². The monoisotopic (exact) mass is 440 g/mol. The van der Waals surface area contributed by atoms with Crippen molar-refractivity contribution in [2.45, 2.75) is 30.3 Å². The molecule has 3 aromatic rings. The van der Waals surface area contributed by atoms with Crippen LogP contribution in [0, 0.1) is 6.92 Å². The van der Waals surface area contributed by atoms with Crippen LogP contribution in [0.5, 0.6) is 0 Å². The summed E-state index contributed by atoms with van der Waals surface area (Å²) in [5.74, 6) is 2.26.